The maximum absolute atomic E-state index is 12.7. The zero-order valence-electron chi connectivity index (χ0n) is 17.0. The van der Waals surface area contributed by atoms with Crippen molar-refractivity contribution in [2.24, 2.45) is 5.73 Å². The van der Waals surface area contributed by atoms with Crippen LogP contribution in [0.4, 0.5) is 0 Å². The molecule has 0 heterocycles. The van der Waals surface area contributed by atoms with Crippen molar-refractivity contribution in [1.82, 2.24) is 10.6 Å². The Kier molecular flexibility index (Phi) is 7.35. The molecule has 0 aliphatic heterocycles. The van der Waals surface area contributed by atoms with Gasteiger partial charge in [-0.15, -0.1) is 0 Å². The minimum atomic E-state index is -1.27. The molecule has 5 N–H and O–H groups in total. The quantitative estimate of drug-likeness (QED) is 0.478. The van der Waals surface area contributed by atoms with Crippen molar-refractivity contribution in [2.75, 3.05) is 7.11 Å². The average Bonchev–Trinajstić information content (AvgIpc) is 2.71. The topological polar surface area (TPSA) is 148 Å². The van der Waals surface area contributed by atoms with Crippen molar-refractivity contribution in [3.05, 3.63) is 42.0 Å². The van der Waals surface area contributed by atoms with Crippen LogP contribution in [0.5, 0.6) is 5.75 Å². The van der Waals surface area contributed by atoms with E-state index < -0.39 is 48.1 Å². The zero-order chi connectivity index (χ0) is 22.4. The number of fused-ring (bicyclic) bond motifs is 1. The zero-order valence-corrected chi connectivity index (χ0v) is 17.0. The van der Waals surface area contributed by atoms with Gasteiger partial charge in [-0.25, -0.2) is 0 Å². The molecule has 30 heavy (non-hydrogen) atoms. The van der Waals surface area contributed by atoms with E-state index in [-0.39, 0.29) is 0 Å². The van der Waals surface area contributed by atoms with E-state index in [1.807, 2.05) is 30.3 Å². The van der Waals surface area contributed by atoms with Crippen LogP contribution in [0.15, 0.2) is 36.4 Å². The lowest BCUT2D eigenvalue weighted by atomic mass is 9.96. The van der Waals surface area contributed by atoms with E-state index in [0.29, 0.717) is 5.56 Å². The van der Waals surface area contributed by atoms with Crippen LogP contribution in [0.25, 0.3) is 10.8 Å². The van der Waals surface area contributed by atoms with Crippen molar-refractivity contribution < 1.29 is 29.0 Å². The van der Waals surface area contributed by atoms with E-state index in [1.54, 1.807) is 20.1 Å². The average molecular weight is 415 g/mol. The number of carboxylic acid groups (broad SMARTS) is 1. The number of methoxy groups -OCH3 is 1. The molecule has 0 saturated carbocycles. The first-order chi connectivity index (χ1) is 14.1. The van der Waals surface area contributed by atoms with Gasteiger partial charge in [-0.2, -0.15) is 0 Å². The molecule has 0 saturated heterocycles. The predicted molar refractivity (Wildman–Crippen MR) is 110 cm³/mol. The highest BCUT2D eigenvalue weighted by molar-refractivity contribution is 5.95. The van der Waals surface area contributed by atoms with Crippen LogP contribution in [-0.2, 0) is 19.2 Å². The van der Waals surface area contributed by atoms with Crippen molar-refractivity contribution in [3.63, 3.8) is 0 Å². The fraction of sp³-hybridized carbons (Fsp3) is 0.333. The summed E-state index contributed by atoms with van der Waals surface area (Å²) in [5, 5.41) is 15.5. The van der Waals surface area contributed by atoms with Gasteiger partial charge in [0.15, 0.2) is 0 Å². The lowest BCUT2D eigenvalue weighted by Gasteiger charge is -2.21. The van der Waals surface area contributed by atoms with Crippen LogP contribution in [-0.4, -0.2) is 48.0 Å². The van der Waals surface area contributed by atoms with Crippen LogP contribution in [0.3, 0.4) is 0 Å². The van der Waals surface area contributed by atoms with Gasteiger partial charge < -0.3 is 26.2 Å². The van der Waals surface area contributed by atoms with Crippen LogP contribution in [0, 0.1) is 0 Å². The molecule has 0 aliphatic carbocycles. The second-order valence-electron chi connectivity index (χ2n) is 6.99. The number of hydrogen-bond acceptors (Lipinski definition) is 5. The summed E-state index contributed by atoms with van der Waals surface area (Å²) < 4.78 is 5.20. The number of hydrogen-bond donors (Lipinski definition) is 4. The molecule has 0 bridgehead atoms. The number of amides is 3. The molecule has 2 aromatic rings. The van der Waals surface area contributed by atoms with Gasteiger partial charge in [-0.05, 0) is 42.3 Å². The minimum absolute atomic E-state index is 0.450. The standard InChI is InChI=1S/C21H25N3O6/c1-11(13-4-5-15-9-16(30-3)7-6-14(15)8-13)19(26)24-17(10-18(22)25)20(27)23-12(2)21(28)29/h4-9,11-12,17H,10H2,1-3H3,(H2,22,25)(H,23,27)(H,24,26)(H,28,29)/t11-,12-,17+/m0/s1. The Morgan fingerprint density at radius 1 is 1.00 bits per heavy atom. The van der Waals surface area contributed by atoms with Crippen LogP contribution >= 0.6 is 0 Å². The summed E-state index contributed by atoms with van der Waals surface area (Å²) in [6.45, 7) is 2.94. The van der Waals surface area contributed by atoms with Crippen LogP contribution in [0.2, 0.25) is 0 Å². The maximum atomic E-state index is 12.7. The number of primary amides is 1. The molecule has 9 heteroatoms. The van der Waals surface area contributed by atoms with Gasteiger partial charge in [-0.3, -0.25) is 19.2 Å². The van der Waals surface area contributed by atoms with Crippen molar-refractivity contribution in [1.29, 1.82) is 0 Å². The molecule has 0 spiro atoms. The minimum Gasteiger partial charge on any atom is -0.497 e. The summed E-state index contributed by atoms with van der Waals surface area (Å²) in [6, 6.07) is 8.62. The lowest BCUT2D eigenvalue weighted by Crippen LogP contribution is -2.52. The van der Waals surface area contributed by atoms with E-state index >= 15 is 0 Å². The number of nitrogens with one attached hydrogen (secondary N) is 2. The molecule has 0 aromatic heterocycles. The lowest BCUT2D eigenvalue weighted by molar-refractivity contribution is -0.141. The highest BCUT2D eigenvalue weighted by atomic mass is 16.5. The fourth-order valence-corrected chi connectivity index (χ4v) is 2.87. The molecule has 0 radical (unpaired) electrons. The summed E-state index contributed by atoms with van der Waals surface area (Å²) in [5.74, 6) is -3.24. The van der Waals surface area contributed by atoms with Crippen LogP contribution in [0.1, 0.15) is 31.7 Å². The van der Waals surface area contributed by atoms with Crippen LogP contribution < -0.4 is 21.1 Å². The highest BCUT2D eigenvalue weighted by Crippen LogP contribution is 2.25. The molecule has 2 rings (SSSR count). The van der Waals surface area contributed by atoms with Gasteiger partial charge in [0.2, 0.25) is 17.7 Å². The third-order valence-electron chi connectivity index (χ3n) is 4.73. The SMILES string of the molecule is COc1ccc2cc([C@H](C)C(=O)N[C@H](CC(N)=O)C(=O)N[C@@H](C)C(=O)O)ccc2c1. The molecule has 160 valence electrons. The largest absolute Gasteiger partial charge is 0.497 e. The maximum Gasteiger partial charge on any atom is 0.325 e. The normalized spacial score (nSPS) is 13.7. The summed E-state index contributed by atoms with van der Waals surface area (Å²) >= 11 is 0. The molecule has 0 fully saturated rings. The van der Waals surface area contributed by atoms with Gasteiger partial charge in [0.25, 0.3) is 0 Å². The predicted octanol–water partition coefficient (Wildman–Crippen LogP) is 0.901. The van der Waals surface area contributed by atoms with Crippen molar-refractivity contribution in [2.45, 2.75) is 38.3 Å². The Labute approximate surface area is 173 Å². The van der Waals surface area contributed by atoms with Gasteiger partial charge in [0.05, 0.1) is 19.4 Å². The third kappa shape index (κ3) is 5.69. The highest BCUT2D eigenvalue weighted by Gasteiger charge is 2.27. The molecule has 3 atom stereocenters. The Morgan fingerprint density at radius 2 is 1.63 bits per heavy atom. The number of benzene rings is 2. The third-order valence-corrected chi connectivity index (χ3v) is 4.73. The molecule has 0 aliphatic rings. The Balaban J connectivity index is 2.17. The van der Waals surface area contributed by atoms with Crippen molar-refractivity contribution in [3.8, 4) is 5.75 Å². The molecule has 2 aromatic carbocycles. The number of aliphatic carboxylic acids is 1. The second kappa shape index (κ2) is 9.73. The Morgan fingerprint density at radius 3 is 2.23 bits per heavy atom. The number of nitrogens with two attached hydrogens (primary N) is 1. The summed E-state index contributed by atoms with van der Waals surface area (Å²) in [5.41, 5.74) is 5.88. The van der Waals surface area contributed by atoms with Gasteiger partial charge in [0, 0.05) is 0 Å². The Bertz CT molecular complexity index is 974. The number of ether oxygens (including phenoxy) is 1. The van der Waals surface area contributed by atoms with Gasteiger partial charge in [-0.1, -0.05) is 24.3 Å². The van der Waals surface area contributed by atoms with Crippen molar-refractivity contribution >= 4 is 34.5 Å². The summed E-state index contributed by atoms with van der Waals surface area (Å²) in [7, 11) is 1.58. The molecule has 3 amide bonds. The van der Waals surface area contributed by atoms with E-state index in [2.05, 4.69) is 10.6 Å². The first-order valence-electron chi connectivity index (χ1n) is 9.32. The number of rotatable bonds is 9. The summed E-state index contributed by atoms with van der Waals surface area (Å²) in [6.07, 6.45) is -0.450. The first-order valence-corrected chi connectivity index (χ1v) is 9.32. The number of carbonyl (C=O) groups is 4. The molecule has 9 nitrogen and oxygen atoms in total. The van der Waals surface area contributed by atoms with E-state index in [1.165, 1.54) is 6.92 Å². The smallest absolute Gasteiger partial charge is 0.325 e. The van der Waals surface area contributed by atoms with E-state index in [4.69, 9.17) is 15.6 Å². The van der Waals surface area contributed by atoms with E-state index in [9.17, 15) is 19.2 Å². The molecular weight excluding hydrogens is 390 g/mol. The van der Waals surface area contributed by atoms with Gasteiger partial charge in [0.1, 0.15) is 17.8 Å². The fourth-order valence-electron chi connectivity index (χ4n) is 2.87. The van der Waals surface area contributed by atoms with Gasteiger partial charge >= 0.3 is 5.97 Å². The monoisotopic (exact) mass is 415 g/mol. The number of carboxylic acids is 1. The van der Waals surface area contributed by atoms with E-state index in [0.717, 1.165) is 16.5 Å². The number of carbonyl (C=O) groups excluding carboxylic acids is 3. The first kappa shape index (κ1) is 22.7. The molecule has 0 unspecified atom stereocenters. The molecular formula is C21H25N3O6. The Hall–Kier alpha value is -3.62. The second-order valence-corrected chi connectivity index (χ2v) is 6.99. The summed E-state index contributed by atoms with van der Waals surface area (Å²) in [4.78, 5) is 47.3.